The molecule has 0 bridgehead atoms. The van der Waals surface area contributed by atoms with Crippen molar-refractivity contribution in [2.75, 3.05) is 5.75 Å². The van der Waals surface area contributed by atoms with Crippen molar-refractivity contribution in [3.8, 4) is 0 Å². The Kier molecular flexibility index (Phi) is 3.88. The standard InChI is InChI=1S/C10H11ClO3S/c1-8-7-9(3-4-10(8)11)15(13,14)6-2-5-12/h3-5,7H,2,6H2,1H3. The van der Waals surface area contributed by atoms with Gasteiger partial charge in [0.2, 0.25) is 0 Å². The van der Waals surface area contributed by atoms with E-state index in [-0.39, 0.29) is 17.1 Å². The van der Waals surface area contributed by atoms with Crippen molar-refractivity contribution < 1.29 is 13.2 Å². The number of aryl methyl sites for hydroxylation is 1. The minimum Gasteiger partial charge on any atom is -0.303 e. The summed E-state index contributed by atoms with van der Waals surface area (Å²) in [7, 11) is -3.35. The Labute approximate surface area is 94.0 Å². The number of halogens is 1. The Bertz CT molecular complexity index is 466. The van der Waals surface area contributed by atoms with Crippen molar-refractivity contribution in [1.29, 1.82) is 0 Å². The lowest BCUT2D eigenvalue weighted by atomic mass is 10.2. The van der Waals surface area contributed by atoms with E-state index in [0.717, 1.165) is 0 Å². The van der Waals surface area contributed by atoms with Crippen LogP contribution in [-0.4, -0.2) is 20.5 Å². The Morgan fingerprint density at radius 3 is 2.60 bits per heavy atom. The Morgan fingerprint density at radius 1 is 1.40 bits per heavy atom. The van der Waals surface area contributed by atoms with Crippen LogP contribution in [0.1, 0.15) is 12.0 Å². The molecule has 5 heteroatoms. The molecule has 0 unspecified atom stereocenters. The maximum atomic E-state index is 11.7. The van der Waals surface area contributed by atoms with Crippen molar-refractivity contribution in [1.82, 2.24) is 0 Å². The van der Waals surface area contributed by atoms with Crippen LogP contribution in [0.3, 0.4) is 0 Å². The number of hydrogen-bond donors (Lipinski definition) is 0. The molecule has 1 rings (SSSR count). The van der Waals surface area contributed by atoms with E-state index in [0.29, 0.717) is 16.9 Å². The van der Waals surface area contributed by atoms with E-state index < -0.39 is 9.84 Å². The first-order valence-electron chi connectivity index (χ1n) is 4.40. The molecule has 1 aromatic rings. The summed E-state index contributed by atoms with van der Waals surface area (Å²) < 4.78 is 23.3. The molecule has 0 spiro atoms. The summed E-state index contributed by atoms with van der Waals surface area (Å²) in [5.41, 5.74) is 0.712. The van der Waals surface area contributed by atoms with Crippen LogP contribution < -0.4 is 0 Å². The SMILES string of the molecule is Cc1cc(S(=O)(=O)CCC=O)ccc1Cl. The molecule has 0 N–H and O–H groups in total. The number of carbonyl (C=O) groups is 1. The van der Waals surface area contributed by atoms with Crippen LogP contribution in [0.4, 0.5) is 0 Å². The van der Waals surface area contributed by atoms with Gasteiger partial charge in [-0.2, -0.15) is 0 Å². The molecule has 0 saturated heterocycles. The smallest absolute Gasteiger partial charge is 0.178 e. The van der Waals surface area contributed by atoms with Gasteiger partial charge in [-0.15, -0.1) is 0 Å². The van der Waals surface area contributed by atoms with E-state index in [9.17, 15) is 13.2 Å². The summed E-state index contributed by atoms with van der Waals surface area (Å²) in [5, 5.41) is 0.532. The molecule has 15 heavy (non-hydrogen) atoms. The molecule has 0 aliphatic rings. The predicted molar refractivity (Wildman–Crippen MR) is 58.9 cm³/mol. The van der Waals surface area contributed by atoms with Gasteiger partial charge in [0, 0.05) is 11.4 Å². The van der Waals surface area contributed by atoms with E-state index >= 15 is 0 Å². The third kappa shape index (κ3) is 3.04. The van der Waals surface area contributed by atoms with Gasteiger partial charge in [-0.05, 0) is 30.7 Å². The molecule has 0 aromatic heterocycles. The van der Waals surface area contributed by atoms with Gasteiger partial charge in [0.05, 0.1) is 10.6 Å². The third-order valence-corrected chi connectivity index (χ3v) is 4.16. The fourth-order valence-electron chi connectivity index (χ4n) is 1.13. The zero-order chi connectivity index (χ0) is 11.5. The van der Waals surface area contributed by atoms with Gasteiger partial charge in [0.25, 0.3) is 0 Å². The number of benzene rings is 1. The molecular formula is C10H11ClO3S. The van der Waals surface area contributed by atoms with Crippen LogP contribution in [-0.2, 0) is 14.6 Å². The van der Waals surface area contributed by atoms with E-state index in [4.69, 9.17) is 11.6 Å². The fourth-order valence-corrected chi connectivity index (χ4v) is 2.52. The van der Waals surface area contributed by atoms with Crippen LogP contribution in [0.2, 0.25) is 5.02 Å². The molecule has 3 nitrogen and oxygen atoms in total. The first kappa shape index (κ1) is 12.2. The lowest BCUT2D eigenvalue weighted by Gasteiger charge is -2.04. The second-order valence-corrected chi connectivity index (χ2v) is 5.70. The van der Waals surface area contributed by atoms with Crippen LogP contribution in [0.15, 0.2) is 23.1 Å². The lowest BCUT2D eigenvalue weighted by molar-refractivity contribution is -0.107. The van der Waals surface area contributed by atoms with Gasteiger partial charge >= 0.3 is 0 Å². The summed E-state index contributed by atoms with van der Waals surface area (Å²) in [6.07, 6.45) is 0.615. The normalized spacial score (nSPS) is 11.3. The van der Waals surface area contributed by atoms with Crippen molar-refractivity contribution in [3.05, 3.63) is 28.8 Å². The third-order valence-electron chi connectivity index (χ3n) is 1.99. The topological polar surface area (TPSA) is 51.2 Å². The molecular weight excluding hydrogens is 236 g/mol. The Morgan fingerprint density at radius 2 is 2.07 bits per heavy atom. The van der Waals surface area contributed by atoms with Gasteiger partial charge in [-0.25, -0.2) is 8.42 Å². The first-order valence-corrected chi connectivity index (χ1v) is 6.43. The highest BCUT2D eigenvalue weighted by Crippen LogP contribution is 2.20. The predicted octanol–water partition coefficient (Wildman–Crippen LogP) is 2.01. The molecule has 0 aliphatic heterocycles. The van der Waals surface area contributed by atoms with Crippen LogP contribution in [0.25, 0.3) is 0 Å². The van der Waals surface area contributed by atoms with E-state index in [2.05, 4.69) is 0 Å². The second-order valence-electron chi connectivity index (χ2n) is 3.19. The monoisotopic (exact) mass is 246 g/mol. The lowest BCUT2D eigenvalue weighted by Crippen LogP contribution is -2.07. The van der Waals surface area contributed by atoms with Crippen molar-refractivity contribution >= 4 is 27.7 Å². The molecule has 0 fully saturated rings. The molecule has 0 heterocycles. The fraction of sp³-hybridized carbons (Fsp3) is 0.300. The summed E-state index contributed by atoms with van der Waals surface area (Å²) in [5.74, 6) is -0.155. The number of carbonyl (C=O) groups excluding carboxylic acids is 1. The molecule has 0 atom stereocenters. The average molecular weight is 247 g/mol. The maximum Gasteiger partial charge on any atom is 0.178 e. The zero-order valence-corrected chi connectivity index (χ0v) is 9.81. The van der Waals surface area contributed by atoms with E-state index in [1.807, 2.05) is 0 Å². The van der Waals surface area contributed by atoms with Gasteiger partial charge in [0.15, 0.2) is 9.84 Å². The van der Waals surface area contributed by atoms with Crippen LogP contribution in [0.5, 0.6) is 0 Å². The number of rotatable bonds is 4. The van der Waals surface area contributed by atoms with Gasteiger partial charge in [0.1, 0.15) is 6.29 Å². The summed E-state index contributed by atoms with van der Waals surface area (Å²) in [6.45, 7) is 1.74. The van der Waals surface area contributed by atoms with Gasteiger partial charge < -0.3 is 4.79 Å². The molecule has 0 amide bonds. The van der Waals surface area contributed by atoms with Crippen LogP contribution in [0, 0.1) is 6.92 Å². The van der Waals surface area contributed by atoms with Crippen LogP contribution >= 0.6 is 11.6 Å². The van der Waals surface area contributed by atoms with Crippen molar-refractivity contribution in [2.45, 2.75) is 18.2 Å². The molecule has 0 aliphatic carbocycles. The van der Waals surface area contributed by atoms with Crippen molar-refractivity contribution in [3.63, 3.8) is 0 Å². The highest BCUT2D eigenvalue weighted by Gasteiger charge is 2.14. The second kappa shape index (κ2) is 4.77. The number of sulfone groups is 1. The average Bonchev–Trinajstić information content (AvgIpc) is 2.19. The van der Waals surface area contributed by atoms with Gasteiger partial charge in [-0.3, -0.25) is 0 Å². The minimum atomic E-state index is -3.35. The minimum absolute atomic E-state index is 0.0179. The quantitative estimate of drug-likeness (QED) is 0.764. The van der Waals surface area contributed by atoms with Gasteiger partial charge in [-0.1, -0.05) is 11.6 Å². The largest absolute Gasteiger partial charge is 0.303 e. The summed E-state index contributed by atoms with van der Waals surface area (Å²) in [4.78, 5) is 10.3. The Hall–Kier alpha value is -0.870. The molecule has 1 aromatic carbocycles. The van der Waals surface area contributed by atoms with E-state index in [1.54, 1.807) is 13.0 Å². The maximum absolute atomic E-state index is 11.7. The summed E-state index contributed by atoms with van der Waals surface area (Å²) in [6, 6.07) is 4.52. The molecule has 82 valence electrons. The van der Waals surface area contributed by atoms with E-state index in [1.165, 1.54) is 12.1 Å². The number of hydrogen-bond acceptors (Lipinski definition) is 3. The number of aldehydes is 1. The Balaban J connectivity index is 3.05. The molecule has 0 radical (unpaired) electrons. The molecule has 0 saturated carbocycles. The van der Waals surface area contributed by atoms with Crippen molar-refractivity contribution in [2.24, 2.45) is 0 Å². The highest BCUT2D eigenvalue weighted by atomic mass is 35.5. The zero-order valence-electron chi connectivity index (χ0n) is 8.23. The highest BCUT2D eigenvalue weighted by molar-refractivity contribution is 7.91. The first-order chi connectivity index (χ1) is 6.97. The summed E-state index contributed by atoms with van der Waals surface area (Å²) >= 11 is 5.78.